The summed E-state index contributed by atoms with van der Waals surface area (Å²) in [4.78, 5) is 36.4. The summed E-state index contributed by atoms with van der Waals surface area (Å²) < 4.78 is 10.7. The first kappa shape index (κ1) is 22.4. The molecule has 0 atom stereocenters. The van der Waals surface area contributed by atoms with Gasteiger partial charge in [0.1, 0.15) is 5.58 Å². The zero-order chi connectivity index (χ0) is 23.4. The van der Waals surface area contributed by atoms with Crippen molar-refractivity contribution in [3.8, 4) is 0 Å². The van der Waals surface area contributed by atoms with Crippen LogP contribution in [-0.4, -0.2) is 30.9 Å². The van der Waals surface area contributed by atoms with Crippen LogP contribution in [-0.2, 0) is 25.5 Å². The Morgan fingerprint density at radius 3 is 2.67 bits per heavy atom. The van der Waals surface area contributed by atoms with Gasteiger partial charge in [-0.15, -0.1) is 0 Å². The van der Waals surface area contributed by atoms with Crippen molar-refractivity contribution in [2.24, 2.45) is 0 Å². The zero-order valence-corrected chi connectivity index (χ0v) is 18.6. The topological polar surface area (TPSA) is 97.6 Å². The Balaban J connectivity index is 1.29. The monoisotopic (exact) mass is 464 g/mol. The molecule has 1 heterocycles. The summed E-state index contributed by atoms with van der Waals surface area (Å²) in [7, 11) is 0. The van der Waals surface area contributed by atoms with E-state index in [9.17, 15) is 14.4 Å². The van der Waals surface area contributed by atoms with Gasteiger partial charge in [0.2, 0.25) is 5.91 Å². The molecule has 33 heavy (non-hydrogen) atoms. The molecule has 0 aliphatic rings. The SMILES string of the molecule is Cc1c(Cl)cccc1NC(=O)CNC(=O)COC(=O)Cc1coc2ccc3ccccc3c12. The Bertz CT molecular complexity index is 1360. The molecular formula is C25H21ClN2O5. The number of furan rings is 1. The van der Waals surface area contributed by atoms with Gasteiger partial charge in [0.25, 0.3) is 5.91 Å². The van der Waals surface area contributed by atoms with Gasteiger partial charge in [0, 0.05) is 21.7 Å². The van der Waals surface area contributed by atoms with E-state index in [0.717, 1.165) is 21.7 Å². The lowest BCUT2D eigenvalue weighted by Crippen LogP contribution is -2.35. The van der Waals surface area contributed by atoms with Crippen molar-refractivity contribution in [3.63, 3.8) is 0 Å². The van der Waals surface area contributed by atoms with Gasteiger partial charge >= 0.3 is 5.97 Å². The third kappa shape index (κ3) is 5.15. The number of amides is 2. The predicted octanol–water partition coefficient (Wildman–Crippen LogP) is 4.39. The van der Waals surface area contributed by atoms with Gasteiger partial charge in [-0.1, -0.05) is 48.0 Å². The Kier molecular flexibility index (Phi) is 6.60. The van der Waals surface area contributed by atoms with Crippen LogP contribution in [0.1, 0.15) is 11.1 Å². The van der Waals surface area contributed by atoms with Crippen LogP contribution in [0.5, 0.6) is 0 Å². The maximum Gasteiger partial charge on any atom is 0.310 e. The fourth-order valence-corrected chi connectivity index (χ4v) is 3.70. The molecule has 0 spiro atoms. The number of hydrogen-bond donors (Lipinski definition) is 2. The molecule has 4 aromatic rings. The van der Waals surface area contributed by atoms with Gasteiger partial charge in [-0.25, -0.2) is 0 Å². The Labute approximate surface area is 194 Å². The van der Waals surface area contributed by atoms with E-state index in [-0.39, 0.29) is 13.0 Å². The standard InChI is InChI=1S/C25H21ClN2O5/c1-15-19(26)7-4-8-20(15)28-22(29)12-27-23(30)14-33-24(31)11-17-13-32-21-10-9-16-5-2-3-6-18(16)25(17)21/h2-10,13H,11-12,14H2,1H3,(H,27,30)(H,28,29). The summed E-state index contributed by atoms with van der Waals surface area (Å²) >= 11 is 6.03. The van der Waals surface area contributed by atoms with Crippen LogP contribution in [0, 0.1) is 6.92 Å². The molecule has 0 saturated heterocycles. The highest BCUT2D eigenvalue weighted by Gasteiger charge is 2.15. The predicted molar refractivity (Wildman–Crippen MR) is 126 cm³/mol. The minimum Gasteiger partial charge on any atom is -0.464 e. The lowest BCUT2D eigenvalue weighted by Gasteiger charge is -2.10. The fraction of sp³-hybridized carbons (Fsp3) is 0.160. The molecule has 0 fully saturated rings. The highest BCUT2D eigenvalue weighted by atomic mass is 35.5. The molecule has 0 aliphatic carbocycles. The summed E-state index contributed by atoms with van der Waals surface area (Å²) in [5.41, 5.74) is 2.65. The van der Waals surface area contributed by atoms with Crippen molar-refractivity contribution in [3.05, 3.63) is 77.0 Å². The van der Waals surface area contributed by atoms with Crippen molar-refractivity contribution in [2.75, 3.05) is 18.5 Å². The van der Waals surface area contributed by atoms with Crippen LogP contribution in [0.3, 0.4) is 0 Å². The van der Waals surface area contributed by atoms with Crippen molar-refractivity contribution >= 4 is 56.8 Å². The molecule has 3 aromatic carbocycles. The second-order valence-corrected chi connectivity index (χ2v) is 7.90. The molecule has 4 rings (SSSR count). The average Bonchev–Trinajstić information content (AvgIpc) is 3.22. The van der Waals surface area contributed by atoms with Crippen LogP contribution < -0.4 is 10.6 Å². The third-order valence-electron chi connectivity index (χ3n) is 5.23. The zero-order valence-electron chi connectivity index (χ0n) is 17.8. The van der Waals surface area contributed by atoms with Crippen LogP contribution in [0.4, 0.5) is 5.69 Å². The smallest absolute Gasteiger partial charge is 0.310 e. The number of hydrogen-bond acceptors (Lipinski definition) is 5. The number of esters is 1. The summed E-state index contributed by atoms with van der Waals surface area (Å²) in [6.07, 6.45) is 1.49. The molecule has 2 amide bonds. The number of rotatable bonds is 7. The van der Waals surface area contributed by atoms with Gasteiger partial charge in [-0.2, -0.15) is 0 Å². The van der Waals surface area contributed by atoms with E-state index >= 15 is 0 Å². The minimum atomic E-state index is -0.580. The molecule has 0 aliphatic heterocycles. The Hall–Kier alpha value is -3.84. The molecule has 2 N–H and O–H groups in total. The number of carbonyl (C=O) groups excluding carboxylic acids is 3. The number of fused-ring (bicyclic) bond motifs is 3. The van der Waals surface area contributed by atoms with E-state index in [0.29, 0.717) is 21.9 Å². The summed E-state index contributed by atoms with van der Waals surface area (Å²) in [6.45, 7) is 1.03. The van der Waals surface area contributed by atoms with Gasteiger partial charge in [-0.3, -0.25) is 14.4 Å². The first-order valence-corrected chi connectivity index (χ1v) is 10.7. The van der Waals surface area contributed by atoms with E-state index in [1.54, 1.807) is 25.1 Å². The maximum atomic E-state index is 12.3. The second-order valence-electron chi connectivity index (χ2n) is 7.50. The molecule has 1 aromatic heterocycles. The lowest BCUT2D eigenvalue weighted by molar-refractivity contribution is -0.147. The highest BCUT2D eigenvalue weighted by Crippen LogP contribution is 2.30. The Morgan fingerprint density at radius 2 is 1.82 bits per heavy atom. The molecular weight excluding hydrogens is 444 g/mol. The first-order chi connectivity index (χ1) is 15.9. The van der Waals surface area contributed by atoms with Crippen LogP contribution in [0.25, 0.3) is 21.7 Å². The number of halogens is 1. The third-order valence-corrected chi connectivity index (χ3v) is 5.64. The number of nitrogens with one attached hydrogen (secondary N) is 2. The molecule has 0 saturated carbocycles. The molecule has 7 nitrogen and oxygen atoms in total. The average molecular weight is 465 g/mol. The molecule has 0 unspecified atom stereocenters. The van der Waals surface area contributed by atoms with Crippen molar-refractivity contribution in [1.29, 1.82) is 0 Å². The first-order valence-electron chi connectivity index (χ1n) is 10.3. The van der Waals surface area contributed by atoms with E-state index in [1.807, 2.05) is 36.4 Å². The van der Waals surface area contributed by atoms with Crippen LogP contribution >= 0.6 is 11.6 Å². The van der Waals surface area contributed by atoms with Crippen molar-refractivity contribution in [1.82, 2.24) is 5.32 Å². The van der Waals surface area contributed by atoms with E-state index in [1.165, 1.54) is 6.26 Å². The molecule has 168 valence electrons. The van der Waals surface area contributed by atoms with Crippen molar-refractivity contribution < 1.29 is 23.5 Å². The van der Waals surface area contributed by atoms with Crippen molar-refractivity contribution in [2.45, 2.75) is 13.3 Å². The van der Waals surface area contributed by atoms with Crippen LogP contribution in [0.2, 0.25) is 5.02 Å². The number of anilines is 1. The fourth-order valence-electron chi connectivity index (χ4n) is 3.52. The molecule has 0 radical (unpaired) electrons. The quantitative estimate of drug-likeness (QED) is 0.395. The van der Waals surface area contributed by atoms with E-state index < -0.39 is 24.4 Å². The van der Waals surface area contributed by atoms with Gasteiger partial charge in [0.05, 0.1) is 19.2 Å². The molecule has 0 bridgehead atoms. The van der Waals surface area contributed by atoms with Gasteiger partial charge in [0.15, 0.2) is 6.61 Å². The Morgan fingerprint density at radius 1 is 1.00 bits per heavy atom. The van der Waals surface area contributed by atoms with Crippen LogP contribution in [0.15, 0.2) is 65.3 Å². The minimum absolute atomic E-state index is 0.0389. The number of benzene rings is 3. The second kappa shape index (κ2) is 9.75. The van der Waals surface area contributed by atoms with Gasteiger partial charge < -0.3 is 19.8 Å². The normalized spacial score (nSPS) is 10.8. The summed E-state index contributed by atoms with van der Waals surface area (Å²) in [5.74, 6) is -1.57. The van der Waals surface area contributed by atoms with E-state index in [2.05, 4.69) is 10.6 Å². The summed E-state index contributed by atoms with van der Waals surface area (Å²) in [5, 5.41) is 8.49. The summed E-state index contributed by atoms with van der Waals surface area (Å²) in [6, 6.07) is 16.8. The molecule has 8 heteroatoms. The maximum absolute atomic E-state index is 12.3. The number of ether oxygens (including phenoxy) is 1. The number of carbonyl (C=O) groups is 3. The van der Waals surface area contributed by atoms with Gasteiger partial charge in [-0.05, 0) is 41.5 Å². The lowest BCUT2D eigenvalue weighted by atomic mass is 10.0. The largest absolute Gasteiger partial charge is 0.464 e. The van der Waals surface area contributed by atoms with E-state index in [4.69, 9.17) is 20.8 Å². The highest BCUT2D eigenvalue weighted by molar-refractivity contribution is 6.31.